The molecule has 0 aliphatic carbocycles. The highest BCUT2D eigenvalue weighted by Gasteiger charge is 2.28. The maximum Gasteiger partial charge on any atom is 0.331 e. The largest absolute Gasteiger partial charge is 0.469 e. The molecule has 0 saturated carbocycles. The van der Waals surface area contributed by atoms with E-state index in [1.807, 2.05) is 116 Å². The van der Waals surface area contributed by atoms with Gasteiger partial charge in [0.15, 0.2) is 0 Å². The van der Waals surface area contributed by atoms with E-state index in [0.29, 0.717) is 103 Å². The number of allylic oxidation sites excluding steroid dienone is 10. The Balaban J connectivity index is 1.26. The second-order valence-electron chi connectivity index (χ2n) is 24.0. The summed E-state index contributed by atoms with van der Waals surface area (Å²) in [6.45, 7) is 19.5. The summed E-state index contributed by atoms with van der Waals surface area (Å²) >= 11 is 0. The Kier molecular flexibility index (Phi) is 20.4. The predicted octanol–water partition coefficient (Wildman–Crippen LogP) is 14.7. The first-order chi connectivity index (χ1) is 45.5. The van der Waals surface area contributed by atoms with Gasteiger partial charge in [0, 0.05) is 93.1 Å². The van der Waals surface area contributed by atoms with Crippen molar-refractivity contribution in [2.45, 2.75) is 127 Å². The van der Waals surface area contributed by atoms with Gasteiger partial charge in [-0.05, 0) is 240 Å². The first-order valence-corrected chi connectivity index (χ1v) is 31.8. The number of hydrogen-bond donors (Lipinski definition) is 4. The van der Waals surface area contributed by atoms with E-state index in [-0.39, 0.29) is 70.1 Å². The molecule has 0 fully saturated rings. The standard InChI is InChI=1S/C75H80N8O12/c1-15-94-72(88)28-46(74-44(9)56-30-48-25-38(3)54(76-48)32-58-40(5)50(17-21-68(84)90-11)62(78-58)36-64-52(19-23-70(86)92-13)42(7)60(80-64)34-66(74)82-56)27-47(29-73(89)95-16-2)75-45(10)57-31-49-26-39(4)55(77-49)33-59-41(6)51(18-22-69(85)91-12)63(79-59)37-65-53(20-24-71(87)93-14)43(8)61(81-65)35-67(75)83-57/h25-26,28-37,76-77,82-83H,15-24,27H2,1-14H3/b46-28-,47-29-,48-30?,49-31?,54-32?,55-33?,56-30?,57-31?,58-32?,59-33?,60-34?,61-35?,62-36?,63-37?,64-36?,65-37?,66-34?,67-35?. The molecule has 10 heterocycles. The lowest BCUT2D eigenvalue weighted by Crippen LogP contribution is -2.04. The number of ether oxygens (including phenoxy) is 6. The summed E-state index contributed by atoms with van der Waals surface area (Å²) in [5.74, 6) is -2.74. The first kappa shape index (κ1) is 67.4. The highest BCUT2D eigenvalue weighted by atomic mass is 16.5. The van der Waals surface area contributed by atoms with Crippen LogP contribution < -0.4 is 0 Å². The van der Waals surface area contributed by atoms with Crippen LogP contribution in [0.5, 0.6) is 0 Å². The first-order valence-electron chi connectivity index (χ1n) is 31.8. The van der Waals surface area contributed by atoms with Gasteiger partial charge in [-0.15, -0.1) is 0 Å². The van der Waals surface area contributed by atoms with Crippen molar-refractivity contribution in [2.75, 3.05) is 41.7 Å². The van der Waals surface area contributed by atoms with E-state index in [2.05, 4.69) is 19.9 Å². The van der Waals surface area contributed by atoms with Gasteiger partial charge >= 0.3 is 35.8 Å². The summed E-state index contributed by atoms with van der Waals surface area (Å²) in [4.78, 5) is 115. The number of methoxy groups -OCH3 is 4. The minimum atomic E-state index is -0.619. The van der Waals surface area contributed by atoms with Gasteiger partial charge in [0.25, 0.3) is 0 Å². The third-order valence-corrected chi connectivity index (χ3v) is 18.0. The second kappa shape index (κ2) is 28.8. The van der Waals surface area contributed by atoms with Crippen molar-refractivity contribution < 1.29 is 57.2 Å². The smallest absolute Gasteiger partial charge is 0.331 e. The number of nitrogens with one attached hydrogen (secondary N) is 4. The van der Waals surface area contributed by atoms with E-state index in [4.69, 9.17) is 48.4 Å². The topological polar surface area (TPSA) is 273 Å². The summed E-state index contributed by atoms with van der Waals surface area (Å²) < 4.78 is 31.9. The number of aromatic amines is 4. The van der Waals surface area contributed by atoms with E-state index < -0.39 is 23.9 Å². The third-order valence-electron chi connectivity index (χ3n) is 18.0. The Morgan fingerprint density at radius 2 is 0.663 bits per heavy atom. The Bertz CT molecular complexity index is 4470. The normalized spacial score (nSPS) is 13.4. The number of esters is 6. The van der Waals surface area contributed by atoms with Crippen LogP contribution in [0.4, 0.5) is 0 Å². The summed E-state index contributed by atoms with van der Waals surface area (Å²) in [7, 11) is 5.44. The van der Waals surface area contributed by atoms with Crippen LogP contribution in [0, 0.1) is 27.7 Å². The molecule has 0 atom stereocenters. The summed E-state index contributed by atoms with van der Waals surface area (Å²) in [6, 6.07) is 19.8. The zero-order chi connectivity index (χ0) is 68.1. The lowest BCUT2D eigenvalue weighted by atomic mass is 9.90. The van der Waals surface area contributed by atoms with E-state index in [0.717, 1.165) is 88.9 Å². The van der Waals surface area contributed by atoms with Gasteiger partial charge in [0.2, 0.25) is 0 Å². The minimum Gasteiger partial charge on any atom is -0.469 e. The molecule has 4 aliphatic heterocycles. The molecule has 20 nitrogen and oxygen atoms in total. The molecule has 4 aliphatic rings. The molecule has 0 saturated heterocycles. The van der Waals surface area contributed by atoms with Crippen molar-refractivity contribution >= 4 is 136 Å². The molecule has 6 aromatic rings. The number of fused-ring (bicyclic) bond motifs is 16. The van der Waals surface area contributed by atoms with Crippen LogP contribution in [-0.4, -0.2) is 117 Å². The fourth-order valence-corrected chi connectivity index (χ4v) is 12.8. The molecule has 16 bridgehead atoms. The van der Waals surface area contributed by atoms with Crippen molar-refractivity contribution in [3.8, 4) is 0 Å². The molecule has 4 N–H and O–H groups in total. The second-order valence-corrected chi connectivity index (χ2v) is 24.0. The van der Waals surface area contributed by atoms with Crippen molar-refractivity contribution in [1.82, 2.24) is 39.9 Å². The molecule has 492 valence electrons. The number of hydrogen-bond acceptors (Lipinski definition) is 16. The molecule has 0 spiro atoms. The number of rotatable bonds is 20. The van der Waals surface area contributed by atoms with Crippen molar-refractivity contribution in [3.63, 3.8) is 0 Å². The van der Waals surface area contributed by atoms with Crippen LogP contribution in [-0.2, 0) is 57.2 Å². The molecule has 6 aromatic heterocycles. The Hall–Kier alpha value is -10.5. The van der Waals surface area contributed by atoms with Crippen LogP contribution in [0.3, 0.4) is 0 Å². The molecule has 0 amide bonds. The summed E-state index contributed by atoms with van der Waals surface area (Å²) in [5.41, 5.74) is 22.9. The zero-order valence-electron chi connectivity index (χ0n) is 56.4. The van der Waals surface area contributed by atoms with Crippen molar-refractivity contribution in [2.24, 2.45) is 0 Å². The highest BCUT2D eigenvalue weighted by molar-refractivity contribution is 6.06. The summed E-state index contributed by atoms with van der Waals surface area (Å²) in [6.07, 6.45) is 4.57. The lowest BCUT2D eigenvalue weighted by molar-refractivity contribution is -0.141. The van der Waals surface area contributed by atoms with Gasteiger partial charge in [-0.1, -0.05) is 0 Å². The number of aromatic nitrogens is 8. The number of aryl methyl sites for hydroxylation is 4. The molecule has 0 radical (unpaired) electrons. The average Bonchev–Trinajstić information content (AvgIpc) is 1.63. The summed E-state index contributed by atoms with van der Waals surface area (Å²) in [5, 5.41) is 0. The number of H-pyrrole nitrogens is 4. The van der Waals surface area contributed by atoms with E-state index in [9.17, 15) is 28.8 Å². The van der Waals surface area contributed by atoms with Crippen LogP contribution in [0.15, 0.2) is 72.8 Å². The molecule has 10 rings (SSSR count). The van der Waals surface area contributed by atoms with Gasteiger partial charge in [-0.3, -0.25) is 19.2 Å². The fraction of sp³-hybridized carbons (Fsp3) is 0.333. The lowest BCUT2D eigenvalue weighted by Gasteiger charge is -2.14. The van der Waals surface area contributed by atoms with Gasteiger partial charge < -0.3 is 48.4 Å². The maximum atomic E-state index is 14.4. The quantitative estimate of drug-likeness (QED) is 0.0314. The maximum absolute atomic E-state index is 14.4. The molecule has 20 heteroatoms. The number of nitrogens with zero attached hydrogens (tertiary/aromatic N) is 4. The Morgan fingerprint density at radius 3 is 0.947 bits per heavy atom. The Morgan fingerprint density at radius 1 is 0.368 bits per heavy atom. The molecular formula is C75H80N8O12. The van der Waals surface area contributed by atoms with Gasteiger partial charge in [-0.25, -0.2) is 29.5 Å². The molecule has 95 heavy (non-hydrogen) atoms. The van der Waals surface area contributed by atoms with Crippen LogP contribution in [0.25, 0.3) is 99.9 Å². The average molecular weight is 1290 g/mol. The monoisotopic (exact) mass is 1280 g/mol. The van der Waals surface area contributed by atoms with Crippen molar-refractivity contribution in [1.29, 1.82) is 0 Å². The van der Waals surface area contributed by atoms with E-state index >= 15 is 0 Å². The number of carbonyl (C=O) groups is 6. The zero-order valence-corrected chi connectivity index (χ0v) is 56.4. The predicted molar refractivity (Wildman–Crippen MR) is 370 cm³/mol. The molecule has 0 unspecified atom stereocenters. The highest BCUT2D eigenvalue weighted by Crippen LogP contribution is 2.43. The molecule has 0 aromatic carbocycles. The molecular weight excluding hydrogens is 1200 g/mol. The van der Waals surface area contributed by atoms with Crippen LogP contribution >= 0.6 is 0 Å². The van der Waals surface area contributed by atoms with Crippen molar-refractivity contribution in [3.05, 3.63) is 152 Å². The van der Waals surface area contributed by atoms with Gasteiger partial charge in [0.05, 0.1) is 87.2 Å². The fourth-order valence-electron chi connectivity index (χ4n) is 12.8. The third kappa shape index (κ3) is 14.5. The van der Waals surface area contributed by atoms with E-state index in [1.165, 1.54) is 40.6 Å². The van der Waals surface area contributed by atoms with E-state index in [1.54, 1.807) is 13.8 Å². The van der Waals surface area contributed by atoms with Crippen LogP contribution in [0.1, 0.15) is 178 Å². The SMILES string of the molecule is CCOC(=O)/C=C(/C/C(=C/C(=O)OCC)c1c(C)c2cc3cc(C)c(cc4nc(cc5nc(cc1[nH]2)C(C)=C5CCC(=O)OC)C(CCC(=O)OC)=C4C)[nH]3)c1c(C)c2cc3cc(C)c(cc4nc(cc5nc(cc1[nH]2)C(C)=C5CCC(=O)OC)C(CCC(=O)OC)=C4C)[nH]3. The minimum absolute atomic E-state index is 0.0401. The van der Waals surface area contributed by atoms with Gasteiger partial charge in [0.1, 0.15) is 0 Å². The number of carbonyl (C=O) groups excluding carboxylic acids is 6. The van der Waals surface area contributed by atoms with Crippen LogP contribution in [0.2, 0.25) is 0 Å². The Labute approximate surface area is 550 Å². The van der Waals surface area contributed by atoms with Gasteiger partial charge in [-0.2, -0.15) is 0 Å².